The maximum absolute atomic E-state index is 7.20. The van der Waals surface area contributed by atoms with Crippen LogP contribution in [0, 0.1) is 10.8 Å². The van der Waals surface area contributed by atoms with E-state index in [1.807, 2.05) is 0 Å². The molecule has 0 aliphatic carbocycles. The summed E-state index contributed by atoms with van der Waals surface area (Å²) in [5.41, 5.74) is 10.6. The van der Waals surface area contributed by atoms with Gasteiger partial charge in [0.05, 0.1) is 0 Å². The molecule has 0 saturated carbocycles. The lowest BCUT2D eigenvalue weighted by Gasteiger charge is -2.35. The molecule has 0 aromatic rings. The molecule has 0 aromatic carbocycles. The zero-order valence-electron chi connectivity index (χ0n) is 13.2. The van der Waals surface area contributed by atoms with Gasteiger partial charge in [0.2, 0.25) is 11.9 Å². The maximum Gasteiger partial charge on any atom is 0.202 e. The Morgan fingerprint density at radius 3 is 1.36 bits per heavy atom. The summed E-state index contributed by atoms with van der Waals surface area (Å²) < 4.78 is 0. The van der Waals surface area contributed by atoms with Crippen LogP contribution in [0.2, 0.25) is 0 Å². The van der Waals surface area contributed by atoms with Gasteiger partial charge in [-0.25, -0.2) is 11.7 Å². The zero-order chi connectivity index (χ0) is 16.5. The summed E-state index contributed by atoms with van der Waals surface area (Å²) in [5.74, 6) is 11.0. The number of piperazine rings is 1. The van der Waals surface area contributed by atoms with Gasteiger partial charge in [0.25, 0.3) is 0 Å². The molecule has 0 bridgehead atoms. The SMILES string of the molecule is N=C(N)N(N)CCCN1CCN(CCCN(N)C(=N)N)CC1. The molecule has 0 spiro atoms. The van der Waals surface area contributed by atoms with Crippen molar-refractivity contribution >= 4 is 11.9 Å². The van der Waals surface area contributed by atoms with Gasteiger partial charge in [-0.3, -0.25) is 20.8 Å². The molecule has 10 heteroatoms. The van der Waals surface area contributed by atoms with Crippen molar-refractivity contribution < 1.29 is 0 Å². The van der Waals surface area contributed by atoms with Crippen LogP contribution in [0.1, 0.15) is 12.8 Å². The normalized spacial score (nSPS) is 16.5. The van der Waals surface area contributed by atoms with Gasteiger partial charge in [-0.05, 0) is 25.9 Å². The van der Waals surface area contributed by atoms with Crippen LogP contribution in [0.4, 0.5) is 0 Å². The Morgan fingerprint density at radius 1 is 0.773 bits per heavy atom. The lowest BCUT2D eigenvalue weighted by molar-refractivity contribution is 0.126. The first kappa shape index (κ1) is 18.4. The summed E-state index contributed by atoms with van der Waals surface area (Å²) in [4.78, 5) is 4.80. The smallest absolute Gasteiger partial charge is 0.202 e. The van der Waals surface area contributed by atoms with E-state index in [1.54, 1.807) is 0 Å². The molecule has 1 saturated heterocycles. The number of nitrogens with zero attached hydrogens (tertiary/aromatic N) is 4. The van der Waals surface area contributed by atoms with Crippen LogP contribution in [-0.2, 0) is 0 Å². The van der Waals surface area contributed by atoms with E-state index in [1.165, 1.54) is 10.0 Å². The molecular formula is C12H30N10. The second-order valence-electron chi connectivity index (χ2n) is 5.55. The first-order chi connectivity index (χ1) is 10.4. The van der Waals surface area contributed by atoms with Crippen molar-refractivity contribution in [1.82, 2.24) is 19.8 Å². The van der Waals surface area contributed by atoms with Crippen LogP contribution in [-0.4, -0.2) is 84.1 Å². The molecule has 0 amide bonds. The molecule has 1 fully saturated rings. The summed E-state index contributed by atoms with van der Waals surface area (Å²) in [7, 11) is 0. The molecule has 0 radical (unpaired) electrons. The number of rotatable bonds is 8. The molecule has 0 unspecified atom stereocenters. The van der Waals surface area contributed by atoms with E-state index in [0.717, 1.165) is 52.1 Å². The summed E-state index contributed by atoms with van der Waals surface area (Å²) >= 11 is 0. The van der Waals surface area contributed by atoms with Crippen molar-refractivity contribution in [3.63, 3.8) is 0 Å². The largest absolute Gasteiger partial charge is 0.369 e. The maximum atomic E-state index is 7.20. The monoisotopic (exact) mass is 314 g/mol. The second-order valence-corrected chi connectivity index (χ2v) is 5.55. The fourth-order valence-electron chi connectivity index (χ4n) is 2.41. The zero-order valence-corrected chi connectivity index (χ0v) is 13.2. The van der Waals surface area contributed by atoms with E-state index in [9.17, 15) is 0 Å². The van der Waals surface area contributed by atoms with E-state index in [4.69, 9.17) is 34.0 Å². The van der Waals surface area contributed by atoms with Crippen LogP contribution in [0.15, 0.2) is 0 Å². The summed E-state index contributed by atoms with van der Waals surface area (Å²) in [6, 6.07) is 0. The summed E-state index contributed by atoms with van der Waals surface area (Å²) in [6.07, 6.45) is 1.80. The van der Waals surface area contributed by atoms with Gasteiger partial charge < -0.3 is 21.3 Å². The van der Waals surface area contributed by atoms with Crippen molar-refractivity contribution in [1.29, 1.82) is 10.8 Å². The Hall–Kier alpha value is -1.62. The minimum Gasteiger partial charge on any atom is -0.369 e. The fraction of sp³-hybridized carbons (Fsp3) is 0.833. The minimum absolute atomic E-state index is 0.0932. The van der Waals surface area contributed by atoms with Gasteiger partial charge in [0, 0.05) is 39.3 Å². The second kappa shape index (κ2) is 9.41. The van der Waals surface area contributed by atoms with Crippen LogP contribution in [0.25, 0.3) is 0 Å². The molecule has 1 rings (SSSR count). The molecule has 0 aromatic heterocycles. The van der Waals surface area contributed by atoms with E-state index in [-0.39, 0.29) is 11.9 Å². The van der Waals surface area contributed by atoms with E-state index < -0.39 is 0 Å². The Morgan fingerprint density at radius 2 is 1.09 bits per heavy atom. The van der Waals surface area contributed by atoms with Crippen molar-refractivity contribution in [2.24, 2.45) is 23.2 Å². The van der Waals surface area contributed by atoms with E-state index in [2.05, 4.69) is 9.80 Å². The van der Waals surface area contributed by atoms with Gasteiger partial charge >= 0.3 is 0 Å². The van der Waals surface area contributed by atoms with Crippen LogP contribution in [0.5, 0.6) is 0 Å². The third-order valence-corrected chi connectivity index (χ3v) is 3.83. The number of hydrazine groups is 2. The highest BCUT2D eigenvalue weighted by molar-refractivity contribution is 5.74. The van der Waals surface area contributed by atoms with Gasteiger partial charge in [-0.1, -0.05) is 0 Å². The number of nitrogens with one attached hydrogen (secondary N) is 2. The highest BCUT2D eigenvalue weighted by Crippen LogP contribution is 2.03. The summed E-state index contributed by atoms with van der Waals surface area (Å²) in [5, 5.41) is 16.9. The number of nitrogens with two attached hydrogens (primary N) is 4. The van der Waals surface area contributed by atoms with Crippen LogP contribution in [0.3, 0.4) is 0 Å². The third-order valence-electron chi connectivity index (χ3n) is 3.83. The number of guanidine groups is 2. The average Bonchev–Trinajstić information content (AvgIpc) is 2.48. The molecule has 1 aliphatic heterocycles. The highest BCUT2D eigenvalue weighted by Gasteiger charge is 2.16. The Bertz CT molecular complexity index is 318. The lowest BCUT2D eigenvalue weighted by atomic mass is 10.2. The molecule has 128 valence electrons. The average molecular weight is 314 g/mol. The van der Waals surface area contributed by atoms with Crippen molar-refractivity contribution in [3.05, 3.63) is 0 Å². The first-order valence-electron chi connectivity index (χ1n) is 7.57. The van der Waals surface area contributed by atoms with E-state index >= 15 is 0 Å². The predicted octanol–water partition coefficient (Wildman–Crippen LogP) is -2.48. The topological polar surface area (TPSA) is 165 Å². The molecule has 10 nitrogen and oxygen atoms in total. The first-order valence-corrected chi connectivity index (χ1v) is 7.57. The molecular weight excluding hydrogens is 284 g/mol. The Balaban J connectivity index is 2.08. The van der Waals surface area contributed by atoms with Gasteiger partial charge in [0.1, 0.15) is 0 Å². The molecule has 0 atom stereocenters. The lowest BCUT2D eigenvalue weighted by Crippen LogP contribution is -2.49. The molecule has 1 heterocycles. The predicted molar refractivity (Wildman–Crippen MR) is 87.7 cm³/mol. The minimum atomic E-state index is -0.0932. The van der Waals surface area contributed by atoms with Gasteiger partial charge in [-0.2, -0.15) is 0 Å². The van der Waals surface area contributed by atoms with Crippen molar-refractivity contribution in [3.8, 4) is 0 Å². The molecule has 1 aliphatic rings. The molecule has 10 N–H and O–H groups in total. The summed E-state index contributed by atoms with van der Waals surface area (Å²) in [6.45, 7) is 7.27. The Kier molecular flexibility index (Phi) is 7.88. The van der Waals surface area contributed by atoms with Crippen LogP contribution < -0.4 is 23.2 Å². The fourth-order valence-corrected chi connectivity index (χ4v) is 2.41. The Labute approximate surface area is 131 Å². The van der Waals surface area contributed by atoms with Gasteiger partial charge in [0.15, 0.2) is 0 Å². The third kappa shape index (κ3) is 6.89. The highest BCUT2D eigenvalue weighted by atomic mass is 15.5. The van der Waals surface area contributed by atoms with Crippen LogP contribution >= 0.6 is 0 Å². The van der Waals surface area contributed by atoms with Gasteiger partial charge in [-0.15, -0.1) is 0 Å². The van der Waals surface area contributed by atoms with Crippen molar-refractivity contribution in [2.75, 3.05) is 52.4 Å². The molecule has 22 heavy (non-hydrogen) atoms. The quantitative estimate of drug-likeness (QED) is 0.124. The van der Waals surface area contributed by atoms with Crippen molar-refractivity contribution in [2.45, 2.75) is 12.8 Å². The number of hydrogen-bond acceptors (Lipinski definition) is 6. The number of hydrogen-bond donors (Lipinski definition) is 6. The van der Waals surface area contributed by atoms with E-state index in [0.29, 0.717) is 13.1 Å². The standard InChI is InChI=1S/C12H30N10/c13-11(14)21(17)5-1-3-19-7-9-20(10-8-19)4-2-6-22(18)12(15)16/h1-10,17-18H2,(H3,13,14)(H3,15,16).